The summed E-state index contributed by atoms with van der Waals surface area (Å²) in [6.07, 6.45) is 3.73. The van der Waals surface area contributed by atoms with Crippen LogP contribution in [0, 0.1) is 0 Å². The Balaban J connectivity index is 2.51. The van der Waals surface area contributed by atoms with Crippen LogP contribution in [0.5, 0.6) is 5.75 Å². The van der Waals surface area contributed by atoms with Gasteiger partial charge in [0.1, 0.15) is 12.4 Å². The number of carbonyl (C=O) groups excluding carboxylic acids is 1. The SMILES string of the molecule is COC(=O)c1cc(Cl)c2c(c1)C=CCO2. The standard InChI is InChI=1S/C11H9ClO3/c1-14-11(13)8-5-7-3-2-4-15-10(7)9(12)6-8/h2-3,5-6H,4H2,1H3. The molecule has 0 amide bonds. The van der Waals surface area contributed by atoms with Gasteiger partial charge in [0.15, 0.2) is 0 Å². The Morgan fingerprint density at radius 3 is 3.07 bits per heavy atom. The van der Waals surface area contributed by atoms with Gasteiger partial charge in [0.05, 0.1) is 17.7 Å². The molecule has 1 heterocycles. The normalized spacial score (nSPS) is 12.9. The van der Waals surface area contributed by atoms with Crippen LogP contribution in [0.3, 0.4) is 0 Å². The fraction of sp³-hybridized carbons (Fsp3) is 0.182. The van der Waals surface area contributed by atoms with Gasteiger partial charge in [-0.1, -0.05) is 17.7 Å². The van der Waals surface area contributed by atoms with E-state index in [4.69, 9.17) is 16.3 Å². The van der Waals surface area contributed by atoms with E-state index in [0.717, 1.165) is 5.56 Å². The van der Waals surface area contributed by atoms with E-state index in [2.05, 4.69) is 4.74 Å². The summed E-state index contributed by atoms with van der Waals surface area (Å²) in [5.41, 5.74) is 1.23. The van der Waals surface area contributed by atoms with E-state index < -0.39 is 5.97 Å². The molecule has 0 saturated heterocycles. The van der Waals surface area contributed by atoms with Crippen molar-refractivity contribution in [2.24, 2.45) is 0 Å². The number of methoxy groups -OCH3 is 1. The van der Waals surface area contributed by atoms with Crippen molar-refractivity contribution in [1.82, 2.24) is 0 Å². The Morgan fingerprint density at radius 2 is 2.33 bits per heavy atom. The van der Waals surface area contributed by atoms with Gasteiger partial charge in [0.25, 0.3) is 0 Å². The summed E-state index contributed by atoms with van der Waals surface area (Å²) in [7, 11) is 1.34. The van der Waals surface area contributed by atoms with Gasteiger partial charge in [-0.2, -0.15) is 0 Å². The smallest absolute Gasteiger partial charge is 0.337 e. The number of hydrogen-bond donors (Lipinski definition) is 0. The van der Waals surface area contributed by atoms with Crippen LogP contribution in [0.15, 0.2) is 18.2 Å². The highest BCUT2D eigenvalue weighted by molar-refractivity contribution is 6.32. The minimum Gasteiger partial charge on any atom is -0.487 e. The summed E-state index contributed by atoms with van der Waals surface area (Å²) in [6.45, 7) is 0.504. The predicted molar refractivity (Wildman–Crippen MR) is 57.3 cm³/mol. The lowest BCUT2D eigenvalue weighted by Crippen LogP contribution is -2.05. The average molecular weight is 225 g/mol. The minimum atomic E-state index is -0.404. The zero-order valence-corrected chi connectivity index (χ0v) is 8.88. The first-order valence-corrected chi connectivity index (χ1v) is 4.81. The van der Waals surface area contributed by atoms with Gasteiger partial charge in [-0.05, 0) is 18.2 Å². The molecule has 4 heteroatoms. The predicted octanol–water partition coefficient (Wildman–Crippen LogP) is 2.53. The van der Waals surface area contributed by atoms with Gasteiger partial charge >= 0.3 is 5.97 Å². The number of ether oxygens (including phenoxy) is 2. The molecule has 2 rings (SSSR count). The number of hydrogen-bond acceptors (Lipinski definition) is 3. The van der Waals surface area contributed by atoms with Crippen molar-refractivity contribution in [3.8, 4) is 5.75 Å². The van der Waals surface area contributed by atoms with Crippen molar-refractivity contribution >= 4 is 23.6 Å². The monoisotopic (exact) mass is 224 g/mol. The molecule has 0 fully saturated rings. The van der Waals surface area contributed by atoms with Gasteiger partial charge in [0, 0.05) is 5.56 Å². The van der Waals surface area contributed by atoms with E-state index in [1.807, 2.05) is 12.2 Å². The molecule has 1 aromatic rings. The van der Waals surface area contributed by atoms with Crippen LogP contribution in [0.1, 0.15) is 15.9 Å². The summed E-state index contributed by atoms with van der Waals surface area (Å²) < 4.78 is 9.97. The number of carbonyl (C=O) groups is 1. The lowest BCUT2D eigenvalue weighted by Gasteiger charge is -2.14. The van der Waals surface area contributed by atoms with Gasteiger partial charge in [-0.3, -0.25) is 0 Å². The van der Waals surface area contributed by atoms with E-state index >= 15 is 0 Å². The molecule has 15 heavy (non-hydrogen) atoms. The van der Waals surface area contributed by atoms with Gasteiger partial charge in [-0.25, -0.2) is 4.79 Å². The molecular formula is C11H9ClO3. The number of fused-ring (bicyclic) bond motifs is 1. The second-order valence-corrected chi connectivity index (χ2v) is 3.49. The third-order valence-corrected chi connectivity index (χ3v) is 2.40. The molecule has 0 N–H and O–H groups in total. The fourth-order valence-electron chi connectivity index (χ4n) is 1.43. The van der Waals surface area contributed by atoms with E-state index in [9.17, 15) is 4.79 Å². The molecule has 0 aliphatic carbocycles. The average Bonchev–Trinajstić information content (AvgIpc) is 2.28. The molecule has 0 aromatic heterocycles. The Morgan fingerprint density at radius 1 is 1.53 bits per heavy atom. The fourth-order valence-corrected chi connectivity index (χ4v) is 1.71. The molecule has 3 nitrogen and oxygen atoms in total. The van der Waals surface area contributed by atoms with E-state index in [-0.39, 0.29) is 0 Å². The third-order valence-electron chi connectivity index (χ3n) is 2.11. The highest BCUT2D eigenvalue weighted by atomic mass is 35.5. The van der Waals surface area contributed by atoms with Crippen molar-refractivity contribution in [3.05, 3.63) is 34.4 Å². The highest BCUT2D eigenvalue weighted by Gasteiger charge is 2.15. The van der Waals surface area contributed by atoms with Gasteiger partial charge in [0.2, 0.25) is 0 Å². The topological polar surface area (TPSA) is 35.5 Å². The minimum absolute atomic E-state index is 0.404. The maximum Gasteiger partial charge on any atom is 0.337 e. The van der Waals surface area contributed by atoms with Crippen molar-refractivity contribution < 1.29 is 14.3 Å². The highest BCUT2D eigenvalue weighted by Crippen LogP contribution is 2.33. The summed E-state index contributed by atoms with van der Waals surface area (Å²) in [4.78, 5) is 11.3. The summed E-state index contributed by atoms with van der Waals surface area (Å²) in [5.74, 6) is 0.213. The molecule has 0 spiro atoms. The Hall–Kier alpha value is -1.48. The lowest BCUT2D eigenvalue weighted by molar-refractivity contribution is 0.0600. The molecule has 0 radical (unpaired) electrons. The second-order valence-electron chi connectivity index (χ2n) is 3.08. The zero-order valence-electron chi connectivity index (χ0n) is 8.12. The summed E-state index contributed by atoms with van der Waals surface area (Å²) in [6, 6.07) is 3.24. The van der Waals surface area contributed by atoms with Crippen LogP contribution in [-0.4, -0.2) is 19.7 Å². The van der Waals surface area contributed by atoms with Crippen molar-refractivity contribution in [2.45, 2.75) is 0 Å². The molecule has 1 aliphatic heterocycles. The van der Waals surface area contributed by atoms with E-state index in [0.29, 0.717) is 22.9 Å². The first-order valence-electron chi connectivity index (χ1n) is 4.43. The zero-order chi connectivity index (χ0) is 10.8. The van der Waals surface area contributed by atoms with Crippen LogP contribution in [0.4, 0.5) is 0 Å². The van der Waals surface area contributed by atoms with Gasteiger partial charge < -0.3 is 9.47 Å². The molecule has 0 saturated carbocycles. The summed E-state index contributed by atoms with van der Waals surface area (Å²) in [5, 5.41) is 0.428. The molecular weight excluding hydrogens is 216 g/mol. The molecule has 1 aliphatic rings. The van der Waals surface area contributed by atoms with Crippen LogP contribution in [-0.2, 0) is 4.74 Å². The van der Waals surface area contributed by atoms with E-state index in [1.54, 1.807) is 12.1 Å². The molecule has 0 unspecified atom stereocenters. The molecule has 0 bridgehead atoms. The van der Waals surface area contributed by atoms with Crippen molar-refractivity contribution in [3.63, 3.8) is 0 Å². The van der Waals surface area contributed by atoms with Crippen LogP contribution < -0.4 is 4.74 Å². The number of benzene rings is 1. The first-order chi connectivity index (χ1) is 7.22. The van der Waals surface area contributed by atoms with Crippen LogP contribution in [0.25, 0.3) is 6.08 Å². The number of rotatable bonds is 1. The van der Waals surface area contributed by atoms with Crippen LogP contribution in [0.2, 0.25) is 5.02 Å². The second kappa shape index (κ2) is 3.95. The molecule has 78 valence electrons. The van der Waals surface area contributed by atoms with Gasteiger partial charge in [-0.15, -0.1) is 0 Å². The lowest BCUT2D eigenvalue weighted by atomic mass is 10.1. The largest absolute Gasteiger partial charge is 0.487 e. The summed E-state index contributed by atoms with van der Waals surface area (Å²) >= 11 is 5.98. The number of halogens is 1. The van der Waals surface area contributed by atoms with Crippen molar-refractivity contribution in [2.75, 3.05) is 13.7 Å². The van der Waals surface area contributed by atoms with E-state index in [1.165, 1.54) is 7.11 Å². The van der Waals surface area contributed by atoms with Crippen molar-refractivity contribution in [1.29, 1.82) is 0 Å². The Labute approximate surface area is 92.3 Å². The Kier molecular flexibility index (Phi) is 2.64. The Bertz CT molecular complexity index is 438. The first kappa shape index (κ1) is 10.1. The third kappa shape index (κ3) is 1.83. The molecule has 1 aromatic carbocycles. The van der Waals surface area contributed by atoms with Crippen LogP contribution >= 0.6 is 11.6 Å². The number of esters is 1. The maximum atomic E-state index is 11.3. The quantitative estimate of drug-likeness (QED) is 0.688. The molecule has 0 atom stereocenters. The maximum absolute atomic E-state index is 11.3.